The summed E-state index contributed by atoms with van der Waals surface area (Å²) in [5.41, 5.74) is 1.62. The number of aryl methyl sites for hydroxylation is 1. The number of aromatic nitrogens is 2. The number of nitrogens with zero attached hydrogens (tertiary/aromatic N) is 2. The number of imidazole rings is 1. The Kier molecular flexibility index (Phi) is 3.62. The number of rotatable bonds is 4. The van der Waals surface area contributed by atoms with Gasteiger partial charge in [-0.3, -0.25) is 0 Å². The van der Waals surface area contributed by atoms with Crippen molar-refractivity contribution in [3.63, 3.8) is 0 Å². The van der Waals surface area contributed by atoms with Crippen LogP contribution in [-0.2, 0) is 12.5 Å². The van der Waals surface area contributed by atoms with E-state index in [0.29, 0.717) is 0 Å². The third-order valence-electron chi connectivity index (χ3n) is 4.80. The molecule has 0 bridgehead atoms. The van der Waals surface area contributed by atoms with E-state index in [1.807, 2.05) is 12.4 Å². The highest BCUT2D eigenvalue weighted by molar-refractivity contribution is 5.31. The molecular formula is C17H23N3. The fraction of sp³-hybridized carbons (Fsp3) is 0.471. The van der Waals surface area contributed by atoms with E-state index in [2.05, 4.69) is 59.3 Å². The molecule has 0 aliphatic heterocycles. The number of benzene rings is 1. The van der Waals surface area contributed by atoms with Gasteiger partial charge >= 0.3 is 0 Å². The first kappa shape index (κ1) is 13.4. The molecule has 0 radical (unpaired) electrons. The Hall–Kier alpha value is -1.61. The Balaban J connectivity index is 2.08. The van der Waals surface area contributed by atoms with Gasteiger partial charge in [-0.2, -0.15) is 0 Å². The molecule has 1 N–H and O–H groups in total. The van der Waals surface area contributed by atoms with Crippen LogP contribution in [0.3, 0.4) is 0 Å². The van der Waals surface area contributed by atoms with E-state index in [-0.39, 0.29) is 11.5 Å². The lowest BCUT2D eigenvalue weighted by atomic mass is 9.72. The van der Waals surface area contributed by atoms with Gasteiger partial charge in [-0.05, 0) is 25.5 Å². The molecule has 3 rings (SSSR count). The van der Waals surface area contributed by atoms with Gasteiger partial charge in [0.2, 0.25) is 0 Å². The van der Waals surface area contributed by atoms with Crippen LogP contribution in [0.2, 0.25) is 0 Å². The van der Waals surface area contributed by atoms with Gasteiger partial charge in [0.15, 0.2) is 0 Å². The zero-order valence-electron chi connectivity index (χ0n) is 12.3. The van der Waals surface area contributed by atoms with E-state index in [1.54, 1.807) is 0 Å². The van der Waals surface area contributed by atoms with Gasteiger partial charge < -0.3 is 9.88 Å². The van der Waals surface area contributed by atoms with Gasteiger partial charge in [-0.15, -0.1) is 0 Å². The highest BCUT2D eigenvalue weighted by Crippen LogP contribution is 2.49. The molecule has 106 valence electrons. The topological polar surface area (TPSA) is 29.9 Å². The van der Waals surface area contributed by atoms with Crippen LogP contribution in [0.1, 0.15) is 43.1 Å². The lowest BCUT2D eigenvalue weighted by molar-refractivity contribution is 0.299. The second kappa shape index (κ2) is 5.41. The number of hydrogen-bond donors (Lipinski definition) is 1. The van der Waals surface area contributed by atoms with Crippen molar-refractivity contribution in [2.24, 2.45) is 7.05 Å². The van der Waals surface area contributed by atoms with Crippen molar-refractivity contribution in [1.29, 1.82) is 0 Å². The first-order chi connectivity index (χ1) is 9.78. The van der Waals surface area contributed by atoms with Gasteiger partial charge in [0.1, 0.15) is 5.82 Å². The molecule has 0 spiro atoms. The number of likely N-dealkylation sites (N-methyl/N-ethyl adjacent to an activating group) is 1. The largest absolute Gasteiger partial charge is 0.337 e. The van der Waals surface area contributed by atoms with Crippen molar-refractivity contribution >= 4 is 0 Å². The first-order valence-corrected chi connectivity index (χ1v) is 7.48. The summed E-state index contributed by atoms with van der Waals surface area (Å²) in [4.78, 5) is 4.60. The summed E-state index contributed by atoms with van der Waals surface area (Å²) in [6, 6.07) is 11.2. The summed E-state index contributed by atoms with van der Waals surface area (Å²) in [7, 11) is 4.14. The van der Waals surface area contributed by atoms with Crippen LogP contribution < -0.4 is 5.32 Å². The third-order valence-corrected chi connectivity index (χ3v) is 4.80. The van der Waals surface area contributed by atoms with Crippen LogP contribution in [0.4, 0.5) is 0 Å². The minimum Gasteiger partial charge on any atom is -0.337 e. The smallest absolute Gasteiger partial charge is 0.126 e. The Morgan fingerprint density at radius 1 is 1.20 bits per heavy atom. The summed E-state index contributed by atoms with van der Waals surface area (Å²) in [5, 5.41) is 3.54. The summed E-state index contributed by atoms with van der Waals surface area (Å²) in [6.45, 7) is 0. The molecule has 1 unspecified atom stereocenters. The standard InChI is InChI=1S/C17H23N3/c1-18-15(16-19-12-13-20(16)2)17(10-6-7-11-17)14-8-4-3-5-9-14/h3-5,8-9,12-13,15,18H,6-7,10-11H2,1-2H3. The van der Waals surface area contributed by atoms with Crippen molar-refractivity contribution in [3.8, 4) is 0 Å². The zero-order valence-corrected chi connectivity index (χ0v) is 12.3. The molecule has 0 amide bonds. The van der Waals surface area contributed by atoms with Crippen molar-refractivity contribution in [2.75, 3.05) is 7.05 Å². The molecular weight excluding hydrogens is 246 g/mol. The Bertz CT molecular complexity index is 553. The third kappa shape index (κ3) is 2.06. The van der Waals surface area contributed by atoms with E-state index in [0.717, 1.165) is 5.82 Å². The van der Waals surface area contributed by atoms with Gasteiger partial charge in [-0.1, -0.05) is 43.2 Å². The summed E-state index contributed by atoms with van der Waals surface area (Å²) in [5.74, 6) is 1.14. The van der Waals surface area contributed by atoms with Crippen LogP contribution in [0.15, 0.2) is 42.7 Å². The fourth-order valence-corrected chi connectivity index (χ4v) is 3.83. The highest BCUT2D eigenvalue weighted by atomic mass is 15.1. The van der Waals surface area contributed by atoms with E-state index >= 15 is 0 Å². The number of nitrogens with one attached hydrogen (secondary N) is 1. The van der Waals surface area contributed by atoms with E-state index in [9.17, 15) is 0 Å². The number of hydrogen-bond acceptors (Lipinski definition) is 2. The average molecular weight is 269 g/mol. The molecule has 0 saturated heterocycles. The van der Waals surface area contributed by atoms with Gasteiger partial charge in [0.25, 0.3) is 0 Å². The van der Waals surface area contributed by atoms with Crippen LogP contribution >= 0.6 is 0 Å². The Labute approximate surface area is 121 Å². The molecule has 2 aromatic rings. The lowest BCUT2D eigenvalue weighted by Gasteiger charge is -2.37. The van der Waals surface area contributed by atoms with E-state index < -0.39 is 0 Å². The van der Waals surface area contributed by atoms with Crippen LogP contribution in [0.5, 0.6) is 0 Å². The molecule has 1 aromatic carbocycles. The van der Waals surface area contributed by atoms with Gasteiger partial charge in [0.05, 0.1) is 6.04 Å². The SMILES string of the molecule is CNC(c1nccn1C)C1(c2ccccc2)CCCC1. The van der Waals surface area contributed by atoms with Crippen molar-refractivity contribution in [1.82, 2.24) is 14.9 Å². The maximum atomic E-state index is 4.60. The second-order valence-electron chi connectivity index (χ2n) is 5.85. The highest BCUT2D eigenvalue weighted by Gasteiger charge is 2.44. The first-order valence-electron chi connectivity index (χ1n) is 7.48. The normalized spacial score (nSPS) is 19.1. The van der Waals surface area contributed by atoms with Gasteiger partial charge in [-0.25, -0.2) is 4.98 Å². The maximum absolute atomic E-state index is 4.60. The average Bonchev–Trinajstić information content (AvgIpc) is 3.12. The fourth-order valence-electron chi connectivity index (χ4n) is 3.83. The quantitative estimate of drug-likeness (QED) is 0.923. The van der Waals surface area contributed by atoms with Crippen molar-refractivity contribution in [2.45, 2.75) is 37.1 Å². The van der Waals surface area contributed by atoms with Crippen molar-refractivity contribution in [3.05, 3.63) is 54.1 Å². The van der Waals surface area contributed by atoms with Crippen LogP contribution in [-0.4, -0.2) is 16.6 Å². The molecule has 1 aliphatic carbocycles. The summed E-state index contributed by atoms with van der Waals surface area (Å²) < 4.78 is 2.14. The molecule has 1 fully saturated rings. The lowest BCUT2D eigenvalue weighted by Crippen LogP contribution is -2.39. The predicted molar refractivity (Wildman–Crippen MR) is 81.6 cm³/mol. The molecule has 1 aromatic heterocycles. The zero-order chi connectivity index (χ0) is 14.0. The van der Waals surface area contributed by atoms with Gasteiger partial charge in [0, 0.05) is 24.9 Å². The maximum Gasteiger partial charge on any atom is 0.126 e. The van der Waals surface area contributed by atoms with Crippen LogP contribution in [0.25, 0.3) is 0 Å². The predicted octanol–water partition coefficient (Wildman–Crippen LogP) is 3.19. The monoisotopic (exact) mass is 269 g/mol. The summed E-state index contributed by atoms with van der Waals surface area (Å²) in [6.07, 6.45) is 9.00. The Morgan fingerprint density at radius 2 is 1.90 bits per heavy atom. The minimum absolute atomic E-state index is 0.176. The minimum atomic E-state index is 0.176. The molecule has 1 aliphatic rings. The summed E-state index contributed by atoms with van der Waals surface area (Å²) >= 11 is 0. The molecule has 20 heavy (non-hydrogen) atoms. The van der Waals surface area contributed by atoms with E-state index in [4.69, 9.17) is 0 Å². The van der Waals surface area contributed by atoms with E-state index in [1.165, 1.54) is 31.2 Å². The molecule has 1 heterocycles. The Morgan fingerprint density at radius 3 is 2.45 bits per heavy atom. The van der Waals surface area contributed by atoms with Crippen molar-refractivity contribution < 1.29 is 0 Å². The molecule has 1 atom stereocenters. The molecule has 1 saturated carbocycles. The van der Waals surface area contributed by atoms with Crippen LogP contribution in [0, 0.1) is 0 Å². The molecule has 3 nitrogen and oxygen atoms in total. The second-order valence-corrected chi connectivity index (χ2v) is 5.85. The molecule has 3 heteroatoms.